The summed E-state index contributed by atoms with van der Waals surface area (Å²) in [5, 5.41) is 8.59. The van der Waals surface area contributed by atoms with Gasteiger partial charge in [0.2, 0.25) is 5.39 Å². The Morgan fingerprint density at radius 1 is 1.27 bits per heavy atom. The van der Waals surface area contributed by atoms with Crippen LogP contribution in [0.2, 0.25) is 0 Å². The maximum absolute atomic E-state index is 8.59. The average Bonchev–Trinajstić information content (AvgIpc) is 2.04. The molecule has 0 aliphatic heterocycles. The van der Waals surface area contributed by atoms with Crippen LogP contribution in [0.25, 0.3) is 4.98 Å². The van der Waals surface area contributed by atoms with Crippen molar-refractivity contribution in [2.45, 2.75) is 19.8 Å². The predicted octanol–water partition coefficient (Wildman–Crippen LogP) is 3.29. The first-order chi connectivity index (χ1) is 5.25. The standard InChI is InChI=1S/C9H11N2/c1-7(2)8-5-3-4-6-9(8)11-10/h3-7H,1-2H3/q+1. The molecule has 1 rings (SSSR count). The molecule has 0 heterocycles. The lowest BCUT2D eigenvalue weighted by Crippen LogP contribution is -1.85. The fourth-order valence-corrected chi connectivity index (χ4v) is 1.07. The molecule has 0 unspecified atom stereocenters. The molecule has 0 saturated heterocycles. The number of nitrogens with zero attached hydrogens (tertiary/aromatic N) is 2. The van der Waals surface area contributed by atoms with Crippen molar-refractivity contribution in [3.8, 4) is 0 Å². The third-order valence-electron chi connectivity index (χ3n) is 1.67. The van der Waals surface area contributed by atoms with Crippen LogP contribution in [0, 0.1) is 5.39 Å². The molecule has 1 aromatic rings. The van der Waals surface area contributed by atoms with E-state index < -0.39 is 0 Å². The highest BCUT2D eigenvalue weighted by Crippen LogP contribution is 2.25. The summed E-state index contributed by atoms with van der Waals surface area (Å²) in [6, 6.07) is 7.58. The molecule has 0 aromatic heterocycles. The van der Waals surface area contributed by atoms with Gasteiger partial charge in [-0.3, -0.25) is 0 Å². The van der Waals surface area contributed by atoms with Gasteiger partial charge in [0.05, 0.1) is 5.56 Å². The molecule has 0 aliphatic rings. The van der Waals surface area contributed by atoms with Crippen molar-refractivity contribution in [1.82, 2.24) is 0 Å². The monoisotopic (exact) mass is 147 g/mol. The van der Waals surface area contributed by atoms with Crippen LogP contribution in [0.5, 0.6) is 0 Å². The van der Waals surface area contributed by atoms with Gasteiger partial charge in [0, 0.05) is 6.07 Å². The van der Waals surface area contributed by atoms with E-state index in [1.807, 2.05) is 18.2 Å². The lowest BCUT2D eigenvalue weighted by atomic mass is 10.0. The fourth-order valence-electron chi connectivity index (χ4n) is 1.07. The van der Waals surface area contributed by atoms with Crippen LogP contribution in [-0.4, -0.2) is 0 Å². The van der Waals surface area contributed by atoms with Crippen LogP contribution in [0.15, 0.2) is 24.3 Å². The zero-order valence-electron chi connectivity index (χ0n) is 6.78. The molecule has 11 heavy (non-hydrogen) atoms. The van der Waals surface area contributed by atoms with Gasteiger partial charge in [-0.15, -0.1) is 0 Å². The molecule has 0 bridgehead atoms. The van der Waals surface area contributed by atoms with Crippen LogP contribution in [0.4, 0.5) is 5.69 Å². The van der Waals surface area contributed by atoms with Crippen LogP contribution >= 0.6 is 0 Å². The topological polar surface area (TPSA) is 28.1 Å². The highest BCUT2D eigenvalue weighted by atomic mass is 14.8. The van der Waals surface area contributed by atoms with Crippen molar-refractivity contribution in [3.05, 3.63) is 34.8 Å². The average molecular weight is 147 g/mol. The van der Waals surface area contributed by atoms with Gasteiger partial charge in [-0.25, -0.2) is 0 Å². The molecular formula is C9H11N2+. The molecule has 0 aliphatic carbocycles. The van der Waals surface area contributed by atoms with E-state index in [-0.39, 0.29) is 0 Å². The van der Waals surface area contributed by atoms with E-state index in [4.69, 9.17) is 5.39 Å². The molecule has 0 saturated carbocycles. The van der Waals surface area contributed by atoms with E-state index >= 15 is 0 Å². The summed E-state index contributed by atoms with van der Waals surface area (Å²) in [7, 11) is 0. The maximum Gasteiger partial charge on any atom is 0.388 e. The fraction of sp³-hybridized carbons (Fsp3) is 0.333. The Morgan fingerprint density at radius 3 is 2.36 bits per heavy atom. The number of hydrogen-bond acceptors (Lipinski definition) is 1. The molecule has 0 radical (unpaired) electrons. The minimum Gasteiger partial charge on any atom is -0.0614 e. The van der Waals surface area contributed by atoms with Crippen LogP contribution in [0.1, 0.15) is 25.3 Å². The Labute approximate surface area is 66.5 Å². The highest BCUT2D eigenvalue weighted by molar-refractivity contribution is 5.52. The van der Waals surface area contributed by atoms with Crippen molar-refractivity contribution in [1.29, 1.82) is 5.39 Å². The van der Waals surface area contributed by atoms with Gasteiger partial charge in [-0.05, 0) is 5.92 Å². The first kappa shape index (κ1) is 7.74. The lowest BCUT2D eigenvalue weighted by Gasteiger charge is -1.98. The van der Waals surface area contributed by atoms with Gasteiger partial charge >= 0.3 is 5.69 Å². The van der Waals surface area contributed by atoms with Gasteiger partial charge in [0.15, 0.2) is 4.98 Å². The third kappa shape index (κ3) is 1.56. The maximum atomic E-state index is 8.59. The first-order valence-electron chi connectivity index (χ1n) is 3.69. The van der Waals surface area contributed by atoms with Gasteiger partial charge in [-0.2, -0.15) is 0 Å². The van der Waals surface area contributed by atoms with Crippen molar-refractivity contribution in [2.75, 3.05) is 0 Å². The molecule has 1 aromatic carbocycles. The van der Waals surface area contributed by atoms with Crippen molar-refractivity contribution in [2.24, 2.45) is 0 Å². The number of diazo groups is 1. The Balaban J connectivity index is 3.15. The zero-order valence-corrected chi connectivity index (χ0v) is 6.78. The summed E-state index contributed by atoms with van der Waals surface area (Å²) < 4.78 is 0. The molecule has 0 atom stereocenters. The van der Waals surface area contributed by atoms with Crippen LogP contribution in [-0.2, 0) is 0 Å². The van der Waals surface area contributed by atoms with Crippen LogP contribution in [0.3, 0.4) is 0 Å². The van der Waals surface area contributed by atoms with Crippen LogP contribution < -0.4 is 0 Å². The Bertz CT molecular complexity index is 284. The molecule has 0 amide bonds. The Hall–Kier alpha value is -1.36. The summed E-state index contributed by atoms with van der Waals surface area (Å²) in [5.41, 5.74) is 1.75. The number of hydrogen-bond donors (Lipinski definition) is 0. The quantitative estimate of drug-likeness (QED) is 0.560. The molecule has 56 valence electrons. The van der Waals surface area contributed by atoms with E-state index in [1.54, 1.807) is 6.07 Å². The van der Waals surface area contributed by atoms with Gasteiger partial charge in [0.1, 0.15) is 0 Å². The summed E-state index contributed by atoms with van der Waals surface area (Å²) in [5.74, 6) is 0.405. The first-order valence-corrected chi connectivity index (χ1v) is 3.69. The van der Waals surface area contributed by atoms with E-state index in [2.05, 4.69) is 18.8 Å². The van der Waals surface area contributed by atoms with Gasteiger partial charge < -0.3 is 0 Å². The van der Waals surface area contributed by atoms with Crippen molar-refractivity contribution < 1.29 is 0 Å². The predicted molar refractivity (Wildman–Crippen MR) is 45.3 cm³/mol. The molecule has 0 fully saturated rings. The van der Waals surface area contributed by atoms with Gasteiger partial charge in [-0.1, -0.05) is 32.0 Å². The smallest absolute Gasteiger partial charge is 0.0614 e. The van der Waals surface area contributed by atoms with E-state index in [1.165, 1.54) is 0 Å². The van der Waals surface area contributed by atoms with Crippen molar-refractivity contribution >= 4 is 5.69 Å². The molecule has 2 heteroatoms. The Kier molecular flexibility index (Phi) is 2.22. The zero-order chi connectivity index (χ0) is 8.27. The molecule has 0 N–H and O–H groups in total. The summed E-state index contributed by atoms with van der Waals surface area (Å²) in [4.78, 5) is 3.19. The second kappa shape index (κ2) is 3.16. The molecular weight excluding hydrogens is 136 g/mol. The normalized spacial score (nSPS) is 9.64. The second-order valence-electron chi connectivity index (χ2n) is 2.81. The minimum absolute atomic E-state index is 0.405. The Morgan fingerprint density at radius 2 is 1.91 bits per heavy atom. The third-order valence-corrected chi connectivity index (χ3v) is 1.67. The van der Waals surface area contributed by atoms with E-state index in [9.17, 15) is 0 Å². The molecule has 0 spiro atoms. The minimum atomic E-state index is 0.405. The van der Waals surface area contributed by atoms with E-state index in [0.29, 0.717) is 11.6 Å². The summed E-state index contributed by atoms with van der Waals surface area (Å²) in [6.45, 7) is 4.15. The second-order valence-corrected chi connectivity index (χ2v) is 2.81. The highest BCUT2D eigenvalue weighted by Gasteiger charge is 2.13. The van der Waals surface area contributed by atoms with Crippen molar-refractivity contribution in [3.63, 3.8) is 0 Å². The largest absolute Gasteiger partial charge is 0.388 e. The number of rotatable bonds is 1. The van der Waals surface area contributed by atoms with Gasteiger partial charge in [0.25, 0.3) is 0 Å². The van der Waals surface area contributed by atoms with E-state index in [0.717, 1.165) is 5.56 Å². The number of benzene rings is 1. The SMILES string of the molecule is CC(C)c1ccccc1[N+]#N. The molecule has 2 nitrogen and oxygen atoms in total. The summed E-state index contributed by atoms with van der Waals surface area (Å²) >= 11 is 0. The lowest BCUT2D eigenvalue weighted by molar-refractivity contribution is 0.870. The summed E-state index contributed by atoms with van der Waals surface area (Å²) in [6.07, 6.45) is 0.